The Morgan fingerprint density at radius 1 is 1.46 bits per heavy atom. The van der Waals surface area contributed by atoms with Gasteiger partial charge in [-0.15, -0.1) is 0 Å². The van der Waals surface area contributed by atoms with Gasteiger partial charge in [-0.3, -0.25) is 4.68 Å². The van der Waals surface area contributed by atoms with Crippen molar-refractivity contribution in [3.63, 3.8) is 0 Å². The fourth-order valence-corrected chi connectivity index (χ4v) is 2.36. The number of hydrogen-bond donors (Lipinski definition) is 0. The normalized spacial score (nSPS) is 11.0. The molecule has 0 radical (unpaired) electrons. The van der Waals surface area contributed by atoms with Gasteiger partial charge in [-0.1, -0.05) is 12.1 Å². The average molecular weight is 239 g/mol. The average Bonchev–Trinajstić information content (AvgIpc) is 2.44. The van der Waals surface area contributed by atoms with E-state index in [0.29, 0.717) is 0 Å². The highest BCUT2D eigenvalue weighted by Gasteiger charge is 2.08. The van der Waals surface area contributed by atoms with Crippen LogP contribution in [0.15, 0.2) is 22.8 Å². The van der Waals surface area contributed by atoms with Crippen LogP contribution in [0.2, 0.25) is 0 Å². The van der Waals surface area contributed by atoms with Gasteiger partial charge in [0.2, 0.25) is 0 Å². The molecule has 1 aromatic carbocycles. The van der Waals surface area contributed by atoms with Crippen molar-refractivity contribution in [1.82, 2.24) is 9.78 Å². The van der Waals surface area contributed by atoms with Gasteiger partial charge in [0.1, 0.15) is 4.60 Å². The van der Waals surface area contributed by atoms with Gasteiger partial charge in [0.25, 0.3) is 0 Å². The largest absolute Gasteiger partial charge is 0.258 e. The number of fused-ring (bicyclic) bond motifs is 1. The predicted octanol–water partition coefficient (Wildman–Crippen LogP) is 3.13. The molecule has 0 unspecified atom stereocenters. The van der Waals surface area contributed by atoms with Gasteiger partial charge in [0.15, 0.2) is 0 Å². The third kappa shape index (κ3) is 1.27. The zero-order valence-electron chi connectivity index (χ0n) is 7.71. The summed E-state index contributed by atoms with van der Waals surface area (Å²) in [5.74, 6) is 0. The first-order chi connectivity index (χ1) is 6.24. The van der Waals surface area contributed by atoms with E-state index in [-0.39, 0.29) is 0 Å². The molecule has 2 aromatic rings. The minimum absolute atomic E-state index is 0.898. The van der Waals surface area contributed by atoms with E-state index in [4.69, 9.17) is 0 Å². The molecule has 2 rings (SSSR count). The topological polar surface area (TPSA) is 17.8 Å². The summed E-state index contributed by atoms with van der Waals surface area (Å²) in [5, 5.41) is 5.69. The van der Waals surface area contributed by atoms with E-state index in [1.54, 1.807) is 0 Å². The van der Waals surface area contributed by atoms with Crippen molar-refractivity contribution in [2.45, 2.75) is 20.4 Å². The number of rotatable bonds is 1. The second-order valence-corrected chi connectivity index (χ2v) is 3.83. The maximum Gasteiger partial charge on any atom is 0.112 e. The molecule has 68 valence electrons. The maximum absolute atomic E-state index is 4.46. The molecule has 1 aromatic heterocycles. The van der Waals surface area contributed by atoms with E-state index in [1.165, 1.54) is 10.9 Å². The lowest BCUT2D eigenvalue weighted by atomic mass is 10.1. The summed E-state index contributed by atoms with van der Waals surface area (Å²) in [6.45, 7) is 5.09. The first-order valence-electron chi connectivity index (χ1n) is 4.35. The first kappa shape index (κ1) is 8.75. The highest BCUT2D eigenvalue weighted by molar-refractivity contribution is 9.10. The molecule has 0 saturated heterocycles. The Kier molecular flexibility index (Phi) is 2.12. The molecular weight excluding hydrogens is 228 g/mol. The van der Waals surface area contributed by atoms with E-state index >= 15 is 0 Å². The molecule has 0 saturated carbocycles. The molecule has 2 nitrogen and oxygen atoms in total. The molecular formula is C10H11BrN2. The van der Waals surface area contributed by atoms with E-state index in [1.807, 2.05) is 16.8 Å². The van der Waals surface area contributed by atoms with Crippen LogP contribution in [-0.4, -0.2) is 9.78 Å². The van der Waals surface area contributed by atoms with E-state index < -0.39 is 0 Å². The summed E-state index contributed by atoms with van der Waals surface area (Å²) >= 11 is 3.56. The lowest BCUT2D eigenvalue weighted by Crippen LogP contribution is -1.95. The molecule has 1 heterocycles. The van der Waals surface area contributed by atoms with Crippen molar-refractivity contribution in [3.8, 4) is 0 Å². The van der Waals surface area contributed by atoms with Gasteiger partial charge in [-0.2, -0.15) is 5.10 Å². The first-order valence-corrected chi connectivity index (χ1v) is 5.15. The van der Waals surface area contributed by atoms with Crippen LogP contribution < -0.4 is 0 Å². The van der Waals surface area contributed by atoms with Crippen molar-refractivity contribution < 1.29 is 0 Å². The number of aryl methyl sites for hydroxylation is 2. The van der Waals surface area contributed by atoms with Crippen molar-refractivity contribution in [2.24, 2.45) is 0 Å². The van der Waals surface area contributed by atoms with Crippen LogP contribution in [0.4, 0.5) is 0 Å². The SMILES string of the molecule is CCn1nc2cccc(C)c2c1Br. The molecule has 0 amide bonds. The molecule has 0 N–H and O–H groups in total. The van der Waals surface area contributed by atoms with Crippen LogP contribution in [0.25, 0.3) is 10.9 Å². The molecule has 0 aliphatic rings. The summed E-state index contributed by atoms with van der Waals surface area (Å²) < 4.78 is 3.06. The van der Waals surface area contributed by atoms with Gasteiger partial charge >= 0.3 is 0 Å². The summed E-state index contributed by atoms with van der Waals surface area (Å²) in [4.78, 5) is 0. The number of halogens is 1. The van der Waals surface area contributed by atoms with Crippen LogP contribution >= 0.6 is 15.9 Å². The Morgan fingerprint density at radius 2 is 2.23 bits per heavy atom. The summed E-state index contributed by atoms with van der Waals surface area (Å²) in [5.41, 5.74) is 2.33. The van der Waals surface area contributed by atoms with Crippen LogP contribution in [0.1, 0.15) is 12.5 Å². The molecule has 0 aliphatic heterocycles. The lowest BCUT2D eigenvalue weighted by Gasteiger charge is -1.96. The zero-order valence-corrected chi connectivity index (χ0v) is 9.30. The fourth-order valence-electron chi connectivity index (χ4n) is 1.52. The van der Waals surface area contributed by atoms with Crippen LogP contribution in [0.3, 0.4) is 0 Å². The highest BCUT2D eigenvalue weighted by atomic mass is 79.9. The van der Waals surface area contributed by atoms with Crippen molar-refractivity contribution >= 4 is 26.8 Å². The van der Waals surface area contributed by atoms with Crippen LogP contribution in [0, 0.1) is 6.92 Å². The quantitative estimate of drug-likeness (QED) is 0.747. The van der Waals surface area contributed by atoms with Crippen molar-refractivity contribution in [2.75, 3.05) is 0 Å². The summed E-state index contributed by atoms with van der Waals surface area (Å²) in [6, 6.07) is 6.19. The fraction of sp³-hybridized carbons (Fsp3) is 0.300. The Bertz CT molecular complexity index is 445. The monoisotopic (exact) mass is 238 g/mol. The standard InChI is InChI=1S/C10H11BrN2/c1-3-13-10(11)9-7(2)5-4-6-8(9)12-13/h4-6H,3H2,1-2H3. The lowest BCUT2D eigenvalue weighted by molar-refractivity contribution is 0.653. The Hall–Kier alpha value is -0.830. The Balaban J connectivity index is 2.85. The maximum atomic E-state index is 4.46. The molecule has 13 heavy (non-hydrogen) atoms. The summed E-state index contributed by atoms with van der Waals surface area (Å²) in [6.07, 6.45) is 0. The Morgan fingerprint density at radius 3 is 2.85 bits per heavy atom. The molecule has 0 fully saturated rings. The molecule has 0 bridgehead atoms. The second-order valence-electron chi connectivity index (χ2n) is 3.08. The molecule has 0 aliphatic carbocycles. The molecule has 3 heteroatoms. The van der Waals surface area contributed by atoms with Crippen molar-refractivity contribution in [1.29, 1.82) is 0 Å². The van der Waals surface area contributed by atoms with E-state index in [0.717, 1.165) is 16.7 Å². The van der Waals surface area contributed by atoms with Gasteiger partial charge in [-0.05, 0) is 41.4 Å². The van der Waals surface area contributed by atoms with E-state index in [9.17, 15) is 0 Å². The van der Waals surface area contributed by atoms with Crippen LogP contribution in [0.5, 0.6) is 0 Å². The number of hydrogen-bond acceptors (Lipinski definition) is 1. The second kappa shape index (κ2) is 3.14. The van der Waals surface area contributed by atoms with Gasteiger partial charge < -0.3 is 0 Å². The van der Waals surface area contributed by atoms with Gasteiger partial charge in [-0.25, -0.2) is 0 Å². The van der Waals surface area contributed by atoms with Gasteiger partial charge in [0, 0.05) is 11.9 Å². The third-order valence-electron chi connectivity index (χ3n) is 2.21. The Labute approximate surface area is 85.7 Å². The molecule has 0 atom stereocenters. The minimum atomic E-state index is 0.898. The number of aromatic nitrogens is 2. The van der Waals surface area contributed by atoms with Crippen molar-refractivity contribution in [3.05, 3.63) is 28.4 Å². The van der Waals surface area contributed by atoms with E-state index in [2.05, 4.69) is 40.9 Å². The summed E-state index contributed by atoms with van der Waals surface area (Å²) in [7, 11) is 0. The number of benzene rings is 1. The van der Waals surface area contributed by atoms with Crippen LogP contribution in [-0.2, 0) is 6.54 Å². The molecule has 0 spiro atoms. The highest BCUT2D eigenvalue weighted by Crippen LogP contribution is 2.26. The smallest absolute Gasteiger partial charge is 0.112 e. The van der Waals surface area contributed by atoms with Gasteiger partial charge in [0.05, 0.1) is 5.52 Å². The number of nitrogens with zero attached hydrogens (tertiary/aromatic N) is 2. The zero-order chi connectivity index (χ0) is 9.42. The third-order valence-corrected chi connectivity index (χ3v) is 3.02. The minimum Gasteiger partial charge on any atom is -0.258 e. The predicted molar refractivity (Wildman–Crippen MR) is 57.8 cm³/mol.